The largest absolute Gasteiger partial charge is 0.365 e. The number of benzene rings is 1. The number of hydrogen-bond acceptors (Lipinski definition) is 2. The second kappa shape index (κ2) is 5.83. The molecule has 1 aliphatic rings. The molecule has 0 fully saturated rings. The van der Waals surface area contributed by atoms with E-state index in [4.69, 9.17) is 5.73 Å². The van der Waals surface area contributed by atoms with Gasteiger partial charge < -0.3 is 10.6 Å². The van der Waals surface area contributed by atoms with Crippen LogP contribution >= 0.6 is 0 Å². The summed E-state index contributed by atoms with van der Waals surface area (Å²) in [5.74, 6) is -0.493. The second-order valence-corrected chi connectivity index (χ2v) is 5.97. The Morgan fingerprint density at radius 1 is 1.26 bits per heavy atom. The van der Waals surface area contributed by atoms with Gasteiger partial charge in [0.1, 0.15) is 5.56 Å². The van der Waals surface area contributed by atoms with E-state index in [0.717, 1.165) is 12.1 Å². The average molecular weight is 310 g/mol. The van der Waals surface area contributed by atoms with Crippen molar-refractivity contribution >= 4 is 17.5 Å². The van der Waals surface area contributed by atoms with Crippen molar-refractivity contribution in [2.24, 2.45) is 5.73 Å². The zero-order valence-corrected chi connectivity index (χ0v) is 13.3. The van der Waals surface area contributed by atoms with Crippen molar-refractivity contribution in [2.45, 2.75) is 32.4 Å². The maximum Gasteiger partial charge on any atom is 0.296 e. The zero-order chi connectivity index (χ0) is 16.6. The van der Waals surface area contributed by atoms with Gasteiger partial charge in [-0.15, -0.1) is 0 Å². The lowest BCUT2D eigenvalue weighted by atomic mass is 10.1. The lowest BCUT2D eigenvalue weighted by molar-refractivity contribution is -0.706. The van der Waals surface area contributed by atoms with Gasteiger partial charge >= 0.3 is 0 Å². The van der Waals surface area contributed by atoms with E-state index >= 15 is 0 Å². The van der Waals surface area contributed by atoms with Crippen LogP contribution in [-0.4, -0.2) is 17.9 Å². The fourth-order valence-electron chi connectivity index (χ4n) is 3.11. The van der Waals surface area contributed by atoms with E-state index in [0.29, 0.717) is 5.56 Å². The van der Waals surface area contributed by atoms with Crippen LogP contribution in [0.5, 0.6) is 0 Å². The molecule has 2 amide bonds. The van der Waals surface area contributed by atoms with Crippen molar-refractivity contribution in [3.63, 3.8) is 0 Å². The highest BCUT2D eigenvalue weighted by atomic mass is 16.2. The summed E-state index contributed by atoms with van der Waals surface area (Å²) in [4.78, 5) is 26.2. The monoisotopic (exact) mass is 310 g/mol. The van der Waals surface area contributed by atoms with E-state index in [2.05, 4.69) is 13.0 Å². The van der Waals surface area contributed by atoms with Gasteiger partial charge in [0.25, 0.3) is 11.8 Å². The number of nitrogens with zero attached hydrogens (tertiary/aromatic N) is 2. The first-order valence-corrected chi connectivity index (χ1v) is 7.70. The smallest absolute Gasteiger partial charge is 0.296 e. The zero-order valence-electron chi connectivity index (χ0n) is 13.3. The molecule has 0 spiro atoms. The number of amides is 2. The standard InChI is InChI=1S/C18H19N3O2/c1-12-10-14-6-3-4-8-16(14)21(12)18(23)13(2)20-9-5-7-15(11-20)17(19)22/h3-9,11-13H,10H2,1-2H3,(H-,19,22)/p+1/t12-,13+/m1/s1. The molecule has 23 heavy (non-hydrogen) atoms. The Labute approximate surface area is 135 Å². The molecular weight excluding hydrogens is 290 g/mol. The minimum atomic E-state index is -0.501. The molecule has 0 bridgehead atoms. The molecule has 1 aromatic carbocycles. The Morgan fingerprint density at radius 2 is 2.00 bits per heavy atom. The van der Waals surface area contributed by atoms with Crippen LogP contribution in [0.1, 0.15) is 35.8 Å². The van der Waals surface area contributed by atoms with E-state index < -0.39 is 11.9 Å². The summed E-state index contributed by atoms with van der Waals surface area (Å²) >= 11 is 0. The van der Waals surface area contributed by atoms with Crippen LogP contribution in [0.15, 0.2) is 48.8 Å². The van der Waals surface area contributed by atoms with E-state index in [1.54, 1.807) is 29.1 Å². The molecule has 5 nitrogen and oxygen atoms in total. The van der Waals surface area contributed by atoms with Gasteiger partial charge in [-0.05, 0) is 31.0 Å². The van der Waals surface area contributed by atoms with Crippen molar-refractivity contribution in [1.29, 1.82) is 0 Å². The number of fused-ring (bicyclic) bond motifs is 1. The van der Waals surface area contributed by atoms with Gasteiger partial charge in [0, 0.05) is 24.7 Å². The number of anilines is 1. The van der Waals surface area contributed by atoms with Gasteiger partial charge in [0.05, 0.1) is 0 Å². The van der Waals surface area contributed by atoms with Gasteiger partial charge in [0.15, 0.2) is 12.4 Å². The average Bonchev–Trinajstić information content (AvgIpc) is 2.89. The minimum Gasteiger partial charge on any atom is -0.365 e. The van der Waals surface area contributed by atoms with Crippen molar-refractivity contribution < 1.29 is 14.2 Å². The Bertz CT molecular complexity index is 772. The molecule has 118 valence electrons. The molecule has 5 heteroatoms. The second-order valence-electron chi connectivity index (χ2n) is 5.97. The molecule has 0 radical (unpaired) electrons. The predicted molar refractivity (Wildman–Crippen MR) is 87.0 cm³/mol. The number of rotatable bonds is 3. The molecule has 2 aromatic rings. The van der Waals surface area contributed by atoms with Crippen molar-refractivity contribution in [3.05, 3.63) is 59.9 Å². The molecule has 3 rings (SSSR count). The summed E-state index contributed by atoms with van der Waals surface area (Å²) in [6.45, 7) is 3.88. The predicted octanol–water partition coefficient (Wildman–Crippen LogP) is 1.61. The van der Waals surface area contributed by atoms with Crippen molar-refractivity contribution in [2.75, 3.05) is 4.90 Å². The molecule has 2 N–H and O–H groups in total. The summed E-state index contributed by atoms with van der Waals surface area (Å²) in [5, 5.41) is 0. The number of primary amides is 1. The Balaban J connectivity index is 1.91. The first kappa shape index (κ1) is 15.2. The molecule has 1 aromatic heterocycles. The van der Waals surface area contributed by atoms with E-state index in [1.807, 2.05) is 30.0 Å². The summed E-state index contributed by atoms with van der Waals surface area (Å²) in [6.07, 6.45) is 4.26. The molecule has 2 heterocycles. The first-order chi connectivity index (χ1) is 11.0. The van der Waals surface area contributed by atoms with Crippen molar-refractivity contribution in [3.8, 4) is 0 Å². The van der Waals surface area contributed by atoms with Crippen LogP contribution in [0, 0.1) is 0 Å². The number of pyridine rings is 1. The number of carbonyl (C=O) groups is 2. The van der Waals surface area contributed by atoms with Gasteiger partial charge in [0.2, 0.25) is 6.04 Å². The van der Waals surface area contributed by atoms with Crippen LogP contribution in [0.25, 0.3) is 0 Å². The third kappa shape index (κ3) is 2.70. The normalized spacial score (nSPS) is 17.7. The van der Waals surface area contributed by atoms with Crippen LogP contribution in [0.4, 0.5) is 5.69 Å². The highest BCUT2D eigenvalue weighted by Gasteiger charge is 2.36. The fourth-order valence-corrected chi connectivity index (χ4v) is 3.11. The molecular formula is C18H20N3O2+. The fraction of sp³-hybridized carbons (Fsp3) is 0.278. The first-order valence-electron chi connectivity index (χ1n) is 7.70. The SMILES string of the molecule is C[C@@H]1Cc2ccccc2N1C(=O)[C@H](C)[n+]1cccc(C(N)=O)c1. The third-order valence-electron chi connectivity index (χ3n) is 4.36. The number of carbonyl (C=O) groups excluding carboxylic acids is 2. The number of aromatic nitrogens is 1. The Kier molecular flexibility index (Phi) is 3.86. The molecule has 0 saturated carbocycles. The number of nitrogens with two attached hydrogens (primary N) is 1. The quantitative estimate of drug-likeness (QED) is 0.875. The molecule has 0 unspecified atom stereocenters. The summed E-state index contributed by atoms with van der Waals surface area (Å²) in [6, 6.07) is 11.1. The third-order valence-corrected chi connectivity index (χ3v) is 4.36. The number of para-hydroxylation sites is 1. The lowest BCUT2D eigenvalue weighted by Gasteiger charge is -2.23. The maximum absolute atomic E-state index is 13.0. The van der Waals surface area contributed by atoms with Gasteiger partial charge in [-0.25, -0.2) is 0 Å². The van der Waals surface area contributed by atoms with Crippen LogP contribution in [0.2, 0.25) is 0 Å². The Hall–Kier alpha value is -2.69. The number of hydrogen-bond donors (Lipinski definition) is 1. The van der Waals surface area contributed by atoms with Crippen LogP contribution in [-0.2, 0) is 11.2 Å². The van der Waals surface area contributed by atoms with Crippen molar-refractivity contribution in [1.82, 2.24) is 0 Å². The van der Waals surface area contributed by atoms with Gasteiger partial charge in [-0.3, -0.25) is 9.59 Å². The van der Waals surface area contributed by atoms with E-state index in [1.165, 1.54) is 5.56 Å². The lowest BCUT2D eigenvalue weighted by Crippen LogP contribution is -2.50. The molecule has 2 atom stereocenters. The van der Waals surface area contributed by atoms with Gasteiger partial charge in [-0.2, -0.15) is 4.57 Å². The summed E-state index contributed by atoms with van der Waals surface area (Å²) in [5.41, 5.74) is 7.88. The molecule has 0 saturated heterocycles. The van der Waals surface area contributed by atoms with Crippen LogP contribution < -0.4 is 15.2 Å². The Morgan fingerprint density at radius 3 is 2.74 bits per heavy atom. The maximum atomic E-state index is 13.0. The van der Waals surface area contributed by atoms with Gasteiger partial charge in [-0.1, -0.05) is 18.2 Å². The highest BCUT2D eigenvalue weighted by Crippen LogP contribution is 2.32. The topological polar surface area (TPSA) is 67.3 Å². The molecule has 1 aliphatic heterocycles. The molecule has 0 aliphatic carbocycles. The summed E-state index contributed by atoms with van der Waals surface area (Å²) < 4.78 is 1.73. The highest BCUT2D eigenvalue weighted by molar-refractivity contribution is 5.97. The van der Waals surface area contributed by atoms with Crippen LogP contribution in [0.3, 0.4) is 0 Å². The summed E-state index contributed by atoms with van der Waals surface area (Å²) in [7, 11) is 0. The minimum absolute atomic E-state index is 0.00840. The van der Waals surface area contributed by atoms with E-state index in [-0.39, 0.29) is 11.9 Å². The van der Waals surface area contributed by atoms with E-state index in [9.17, 15) is 9.59 Å².